The Morgan fingerprint density at radius 3 is 2.55 bits per heavy atom. The van der Waals surface area contributed by atoms with Gasteiger partial charge in [0, 0.05) is 39.9 Å². The van der Waals surface area contributed by atoms with Crippen LogP contribution in [0.3, 0.4) is 0 Å². The number of nitrogens with two attached hydrogens (primary N) is 1. The summed E-state index contributed by atoms with van der Waals surface area (Å²) in [6.45, 7) is 6.08. The Bertz CT molecular complexity index is 392. The van der Waals surface area contributed by atoms with Crippen molar-refractivity contribution in [1.82, 2.24) is 15.5 Å². The molecule has 0 spiro atoms. The maximum Gasteiger partial charge on any atom is 0.210 e. The first kappa shape index (κ1) is 24.1. The zero-order chi connectivity index (χ0) is 16.1. The Labute approximate surface area is 151 Å². The number of hydrogen-bond acceptors (Lipinski definition) is 5. The average Bonchev–Trinajstić information content (AvgIpc) is 2.37. The molecule has 22 heavy (non-hydrogen) atoms. The Balaban J connectivity index is 0. The fraction of sp³-hybridized carbons (Fsp3) is 0.917. The summed E-state index contributed by atoms with van der Waals surface area (Å²) in [6.07, 6.45) is 0.989. The third-order valence-corrected chi connectivity index (χ3v) is 3.44. The van der Waals surface area contributed by atoms with E-state index in [-0.39, 0.29) is 36.3 Å². The first-order valence-electron chi connectivity index (χ1n) is 7.09. The van der Waals surface area contributed by atoms with E-state index < -0.39 is 10.0 Å². The van der Waals surface area contributed by atoms with E-state index in [0.29, 0.717) is 19.0 Å². The van der Waals surface area contributed by atoms with Crippen LogP contribution in [-0.2, 0) is 14.8 Å². The number of primary sulfonamides is 1. The highest BCUT2D eigenvalue weighted by atomic mass is 127. The second-order valence-corrected chi connectivity index (χ2v) is 6.44. The molecule has 0 heterocycles. The highest BCUT2D eigenvalue weighted by Gasteiger charge is 2.03. The zero-order valence-electron chi connectivity index (χ0n) is 13.7. The van der Waals surface area contributed by atoms with Gasteiger partial charge in [-0.3, -0.25) is 4.99 Å². The van der Waals surface area contributed by atoms with E-state index in [4.69, 9.17) is 9.88 Å². The number of nitrogens with zero attached hydrogens (tertiary/aromatic N) is 2. The number of sulfonamides is 1. The molecule has 0 saturated carbocycles. The maximum atomic E-state index is 10.9. The van der Waals surface area contributed by atoms with Gasteiger partial charge in [0.1, 0.15) is 0 Å². The summed E-state index contributed by atoms with van der Waals surface area (Å²) in [5.41, 5.74) is 0. The average molecular weight is 451 g/mol. The SMILES string of the molecule is CCNC(=NCCN(C)CCCOC)NCCS(N)(=O)=O.I. The van der Waals surface area contributed by atoms with Gasteiger partial charge in [0.15, 0.2) is 5.96 Å². The summed E-state index contributed by atoms with van der Waals surface area (Å²) >= 11 is 0. The van der Waals surface area contributed by atoms with Gasteiger partial charge in [-0.15, -0.1) is 24.0 Å². The minimum atomic E-state index is -3.45. The van der Waals surface area contributed by atoms with E-state index >= 15 is 0 Å². The number of nitrogens with one attached hydrogen (secondary N) is 2. The number of aliphatic imine (C=N–C) groups is 1. The molecule has 0 bridgehead atoms. The van der Waals surface area contributed by atoms with Crippen molar-refractivity contribution in [2.24, 2.45) is 10.1 Å². The molecule has 0 aliphatic rings. The lowest BCUT2D eigenvalue weighted by Gasteiger charge is -2.16. The highest BCUT2D eigenvalue weighted by molar-refractivity contribution is 14.0. The normalized spacial score (nSPS) is 12.1. The number of rotatable bonds is 11. The summed E-state index contributed by atoms with van der Waals surface area (Å²) in [7, 11) is 0.282. The molecule has 0 radical (unpaired) electrons. The summed E-state index contributed by atoms with van der Waals surface area (Å²) in [5.74, 6) is 0.486. The molecule has 0 fully saturated rings. The van der Waals surface area contributed by atoms with Crippen molar-refractivity contribution in [3.63, 3.8) is 0 Å². The van der Waals surface area contributed by atoms with Crippen LogP contribution in [0.1, 0.15) is 13.3 Å². The zero-order valence-corrected chi connectivity index (χ0v) is 16.8. The predicted molar refractivity (Wildman–Crippen MR) is 101 cm³/mol. The van der Waals surface area contributed by atoms with Gasteiger partial charge in [-0.1, -0.05) is 0 Å². The molecule has 4 N–H and O–H groups in total. The highest BCUT2D eigenvalue weighted by Crippen LogP contribution is 1.88. The van der Waals surface area contributed by atoms with Crippen LogP contribution in [0.25, 0.3) is 0 Å². The number of ether oxygens (including phenoxy) is 1. The quantitative estimate of drug-likeness (QED) is 0.168. The van der Waals surface area contributed by atoms with Crippen molar-refractivity contribution in [2.75, 3.05) is 59.2 Å². The lowest BCUT2D eigenvalue weighted by molar-refractivity contribution is 0.180. The predicted octanol–water partition coefficient (Wildman–Crippen LogP) is -0.584. The van der Waals surface area contributed by atoms with Crippen molar-refractivity contribution in [3.05, 3.63) is 0 Å². The first-order chi connectivity index (χ1) is 9.89. The van der Waals surface area contributed by atoms with Crippen LogP contribution in [0.2, 0.25) is 0 Å². The smallest absolute Gasteiger partial charge is 0.210 e. The van der Waals surface area contributed by atoms with Crippen molar-refractivity contribution in [3.8, 4) is 0 Å². The van der Waals surface area contributed by atoms with Crippen LogP contribution in [0.5, 0.6) is 0 Å². The van der Waals surface area contributed by atoms with E-state index in [9.17, 15) is 8.42 Å². The first-order valence-corrected chi connectivity index (χ1v) is 8.80. The van der Waals surface area contributed by atoms with Crippen LogP contribution >= 0.6 is 24.0 Å². The van der Waals surface area contributed by atoms with Crippen LogP contribution in [0.4, 0.5) is 0 Å². The third-order valence-electron chi connectivity index (χ3n) is 2.66. The summed E-state index contributed by atoms with van der Waals surface area (Å²) in [6, 6.07) is 0. The molecule has 0 aromatic carbocycles. The second kappa shape index (κ2) is 14.4. The van der Waals surface area contributed by atoms with Crippen LogP contribution in [-0.4, -0.2) is 78.5 Å². The molecular weight excluding hydrogens is 421 g/mol. The molecule has 8 nitrogen and oxygen atoms in total. The van der Waals surface area contributed by atoms with Gasteiger partial charge in [-0.2, -0.15) is 0 Å². The number of likely N-dealkylation sites (N-methyl/N-ethyl adjacent to an activating group) is 1. The van der Waals surface area contributed by atoms with Crippen molar-refractivity contribution in [2.45, 2.75) is 13.3 Å². The third kappa shape index (κ3) is 16.2. The molecule has 0 aliphatic carbocycles. The number of halogens is 1. The fourth-order valence-corrected chi connectivity index (χ4v) is 1.96. The number of guanidine groups is 1. The van der Waals surface area contributed by atoms with Gasteiger partial charge in [0.05, 0.1) is 12.3 Å². The fourth-order valence-electron chi connectivity index (χ4n) is 1.58. The molecular formula is C12H30IN5O3S. The molecule has 0 aliphatic heterocycles. The van der Waals surface area contributed by atoms with Crippen molar-refractivity contribution < 1.29 is 13.2 Å². The minimum absolute atomic E-state index is 0. The van der Waals surface area contributed by atoms with E-state index in [1.807, 2.05) is 14.0 Å². The molecule has 10 heteroatoms. The van der Waals surface area contributed by atoms with Crippen molar-refractivity contribution in [1.29, 1.82) is 0 Å². The maximum absolute atomic E-state index is 10.9. The molecule has 0 rings (SSSR count). The van der Waals surface area contributed by atoms with Crippen molar-refractivity contribution >= 4 is 40.0 Å². The van der Waals surface area contributed by atoms with Gasteiger partial charge < -0.3 is 20.3 Å². The monoisotopic (exact) mass is 451 g/mol. The number of hydrogen-bond donors (Lipinski definition) is 3. The molecule has 0 aromatic rings. The Kier molecular flexibility index (Phi) is 15.8. The Hall–Kier alpha value is -0.170. The second-order valence-electron chi connectivity index (χ2n) is 4.70. The Morgan fingerprint density at radius 1 is 1.32 bits per heavy atom. The minimum Gasteiger partial charge on any atom is -0.385 e. The topological polar surface area (TPSA) is 109 Å². The van der Waals surface area contributed by atoms with Gasteiger partial charge in [-0.05, 0) is 20.4 Å². The molecule has 0 saturated heterocycles. The Morgan fingerprint density at radius 2 is 2.00 bits per heavy atom. The molecule has 0 atom stereocenters. The summed E-state index contributed by atoms with van der Waals surface area (Å²) in [4.78, 5) is 6.56. The van der Waals surface area contributed by atoms with E-state index in [0.717, 1.165) is 26.1 Å². The van der Waals surface area contributed by atoms with Gasteiger partial charge in [0.2, 0.25) is 10.0 Å². The molecule has 0 unspecified atom stereocenters. The summed E-state index contributed by atoms with van der Waals surface area (Å²) < 4.78 is 26.7. The largest absolute Gasteiger partial charge is 0.385 e. The van der Waals surface area contributed by atoms with Crippen LogP contribution < -0.4 is 15.8 Å². The summed E-state index contributed by atoms with van der Waals surface area (Å²) in [5, 5.41) is 11.0. The van der Waals surface area contributed by atoms with Gasteiger partial charge in [-0.25, -0.2) is 13.6 Å². The van der Waals surface area contributed by atoms with Gasteiger partial charge >= 0.3 is 0 Å². The van der Waals surface area contributed by atoms with E-state index in [1.54, 1.807) is 7.11 Å². The number of methoxy groups -OCH3 is 1. The van der Waals surface area contributed by atoms with E-state index in [1.165, 1.54) is 0 Å². The molecule has 0 aromatic heterocycles. The van der Waals surface area contributed by atoms with E-state index in [2.05, 4.69) is 20.5 Å². The van der Waals surface area contributed by atoms with Crippen LogP contribution in [0, 0.1) is 0 Å². The lowest BCUT2D eigenvalue weighted by Crippen LogP contribution is -2.40. The molecule has 134 valence electrons. The van der Waals surface area contributed by atoms with Gasteiger partial charge in [0.25, 0.3) is 0 Å². The molecule has 0 amide bonds. The standard InChI is InChI=1S/C12H29N5O3S.HI/c1-4-14-12(16-7-11-21(13,18)19)15-6-9-17(2)8-5-10-20-3;/h4-11H2,1-3H3,(H2,13,18,19)(H2,14,15,16);1H. The lowest BCUT2D eigenvalue weighted by atomic mass is 10.4. The van der Waals surface area contributed by atoms with Crippen LogP contribution in [0.15, 0.2) is 4.99 Å².